The highest BCUT2D eigenvalue weighted by molar-refractivity contribution is 5.89. The molecule has 0 fully saturated rings. The molecule has 1 N–H and O–H groups in total. The molecule has 1 atom stereocenters. The van der Waals surface area contributed by atoms with E-state index in [9.17, 15) is 14.0 Å². The standard InChI is InChI=1S/C22H22FNO6/c1-14(16-5-7-19-20(12-16)29-10-9-28-19)24-21(25)13-30-22(26)8-4-15-3-6-18(27-2)17(23)11-15/h3-8,11-12,14H,9-10,13H2,1-2H3,(H,24,25)/b8-4+/t14-/m0/s1. The topological polar surface area (TPSA) is 83.1 Å². The van der Waals surface area contributed by atoms with Crippen LogP contribution in [0, 0.1) is 5.82 Å². The number of hydrogen-bond donors (Lipinski definition) is 1. The van der Waals surface area contributed by atoms with E-state index in [0.717, 1.165) is 11.6 Å². The maximum atomic E-state index is 13.6. The van der Waals surface area contributed by atoms with Gasteiger partial charge >= 0.3 is 5.97 Å². The number of nitrogens with one attached hydrogen (secondary N) is 1. The molecule has 2 aromatic carbocycles. The fraction of sp³-hybridized carbons (Fsp3) is 0.273. The zero-order valence-electron chi connectivity index (χ0n) is 16.6. The minimum Gasteiger partial charge on any atom is -0.494 e. The highest BCUT2D eigenvalue weighted by Gasteiger charge is 2.16. The van der Waals surface area contributed by atoms with Crippen molar-refractivity contribution in [2.24, 2.45) is 0 Å². The normalized spacial score (nSPS) is 13.6. The highest BCUT2D eigenvalue weighted by Crippen LogP contribution is 2.32. The van der Waals surface area contributed by atoms with E-state index in [4.69, 9.17) is 18.9 Å². The van der Waals surface area contributed by atoms with Gasteiger partial charge in [-0.05, 0) is 48.4 Å². The minimum atomic E-state index is -0.714. The van der Waals surface area contributed by atoms with Gasteiger partial charge in [0.25, 0.3) is 5.91 Å². The number of methoxy groups -OCH3 is 1. The lowest BCUT2D eigenvalue weighted by Gasteiger charge is -2.21. The summed E-state index contributed by atoms with van der Waals surface area (Å²) >= 11 is 0. The summed E-state index contributed by atoms with van der Waals surface area (Å²) in [7, 11) is 1.37. The maximum Gasteiger partial charge on any atom is 0.331 e. The molecule has 1 aliphatic rings. The lowest BCUT2D eigenvalue weighted by Crippen LogP contribution is -2.31. The van der Waals surface area contributed by atoms with Crippen molar-refractivity contribution in [3.05, 3.63) is 59.4 Å². The largest absolute Gasteiger partial charge is 0.494 e. The summed E-state index contributed by atoms with van der Waals surface area (Å²) in [4.78, 5) is 23.9. The first kappa shape index (κ1) is 21.2. The van der Waals surface area contributed by atoms with Crippen molar-refractivity contribution in [3.63, 3.8) is 0 Å². The van der Waals surface area contributed by atoms with Gasteiger partial charge in [0.15, 0.2) is 29.7 Å². The van der Waals surface area contributed by atoms with Gasteiger partial charge in [-0.15, -0.1) is 0 Å². The maximum absolute atomic E-state index is 13.6. The van der Waals surface area contributed by atoms with Gasteiger partial charge in [-0.25, -0.2) is 9.18 Å². The van der Waals surface area contributed by atoms with E-state index in [0.29, 0.717) is 30.3 Å². The zero-order valence-corrected chi connectivity index (χ0v) is 16.6. The van der Waals surface area contributed by atoms with Crippen LogP contribution in [-0.4, -0.2) is 38.8 Å². The first-order chi connectivity index (χ1) is 14.5. The molecule has 2 aromatic rings. The molecule has 0 aliphatic carbocycles. The van der Waals surface area contributed by atoms with Gasteiger partial charge in [-0.2, -0.15) is 0 Å². The Morgan fingerprint density at radius 3 is 2.67 bits per heavy atom. The monoisotopic (exact) mass is 415 g/mol. The molecule has 3 rings (SSSR count). The first-order valence-corrected chi connectivity index (χ1v) is 9.33. The molecule has 1 aliphatic heterocycles. The summed E-state index contributed by atoms with van der Waals surface area (Å²) in [5, 5.41) is 2.75. The number of amides is 1. The number of esters is 1. The van der Waals surface area contributed by atoms with Crippen molar-refractivity contribution in [2.75, 3.05) is 26.9 Å². The van der Waals surface area contributed by atoms with Crippen molar-refractivity contribution in [1.29, 1.82) is 0 Å². The smallest absolute Gasteiger partial charge is 0.331 e. The predicted octanol–water partition coefficient (Wildman–Crippen LogP) is 3.04. The van der Waals surface area contributed by atoms with Crippen molar-refractivity contribution in [1.82, 2.24) is 5.32 Å². The first-order valence-electron chi connectivity index (χ1n) is 9.33. The number of fused-ring (bicyclic) bond motifs is 1. The summed E-state index contributed by atoms with van der Waals surface area (Å²) < 4.78 is 34.4. The van der Waals surface area contributed by atoms with Gasteiger partial charge in [0.05, 0.1) is 13.2 Å². The fourth-order valence-corrected chi connectivity index (χ4v) is 2.83. The van der Waals surface area contributed by atoms with E-state index in [1.54, 1.807) is 12.1 Å². The van der Waals surface area contributed by atoms with Crippen molar-refractivity contribution in [2.45, 2.75) is 13.0 Å². The molecule has 1 heterocycles. The lowest BCUT2D eigenvalue weighted by molar-refractivity contribution is -0.144. The van der Waals surface area contributed by atoms with Crippen LogP contribution in [0.3, 0.4) is 0 Å². The van der Waals surface area contributed by atoms with Crippen LogP contribution >= 0.6 is 0 Å². The third kappa shape index (κ3) is 5.50. The molecule has 0 aromatic heterocycles. The van der Waals surface area contributed by atoms with Crippen LogP contribution < -0.4 is 19.5 Å². The van der Waals surface area contributed by atoms with E-state index in [2.05, 4.69) is 5.32 Å². The van der Waals surface area contributed by atoms with Crippen molar-refractivity contribution < 1.29 is 32.9 Å². The number of ether oxygens (including phenoxy) is 4. The number of carbonyl (C=O) groups excluding carboxylic acids is 2. The van der Waals surface area contributed by atoms with Crippen molar-refractivity contribution >= 4 is 18.0 Å². The Balaban J connectivity index is 1.48. The van der Waals surface area contributed by atoms with Crippen LogP contribution in [0.2, 0.25) is 0 Å². The summed E-state index contributed by atoms with van der Waals surface area (Å²) in [6.07, 6.45) is 2.51. The summed E-state index contributed by atoms with van der Waals surface area (Å²) in [5.74, 6) is -0.297. The molecule has 8 heteroatoms. The Kier molecular flexibility index (Phi) is 6.90. The molecule has 0 radical (unpaired) electrons. The molecular weight excluding hydrogens is 393 g/mol. The Morgan fingerprint density at radius 2 is 1.93 bits per heavy atom. The molecule has 0 spiro atoms. The highest BCUT2D eigenvalue weighted by atomic mass is 19.1. The molecule has 0 unspecified atom stereocenters. The molecular formula is C22H22FNO6. The second-order valence-corrected chi connectivity index (χ2v) is 6.53. The molecule has 0 saturated carbocycles. The van der Waals surface area contributed by atoms with Crippen LogP contribution in [0.1, 0.15) is 24.1 Å². The quantitative estimate of drug-likeness (QED) is 0.553. The Hall–Kier alpha value is -3.55. The molecule has 0 saturated heterocycles. The van der Waals surface area contributed by atoms with E-state index in [1.165, 1.54) is 25.3 Å². The second kappa shape index (κ2) is 9.78. The predicted molar refractivity (Wildman–Crippen MR) is 107 cm³/mol. The Morgan fingerprint density at radius 1 is 1.17 bits per heavy atom. The average molecular weight is 415 g/mol. The van der Waals surface area contributed by atoms with Crippen LogP contribution in [0.25, 0.3) is 6.08 Å². The molecule has 7 nitrogen and oxygen atoms in total. The van der Waals surface area contributed by atoms with Crippen LogP contribution in [0.15, 0.2) is 42.5 Å². The van der Waals surface area contributed by atoms with Crippen LogP contribution in [-0.2, 0) is 14.3 Å². The van der Waals surface area contributed by atoms with E-state index in [-0.39, 0.29) is 11.8 Å². The van der Waals surface area contributed by atoms with Crippen LogP contribution in [0.5, 0.6) is 17.2 Å². The third-order valence-corrected chi connectivity index (χ3v) is 4.38. The van der Waals surface area contributed by atoms with Gasteiger partial charge in [0, 0.05) is 6.08 Å². The number of halogens is 1. The van der Waals surface area contributed by atoms with E-state index in [1.807, 2.05) is 19.1 Å². The Bertz CT molecular complexity index is 959. The number of hydrogen-bond acceptors (Lipinski definition) is 6. The third-order valence-electron chi connectivity index (χ3n) is 4.38. The average Bonchev–Trinajstić information content (AvgIpc) is 2.76. The second-order valence-electron chi connectivity index (χ2n) is 6.53. The minimum absolute atomic E-state index is 0.110. The van der Waals surface area contributed by atoms with Crippen molar-refractivity contribution in [3.8, 4) is 17.2 Å². The van der Waals surface area contributed by atoms with E-state index < -0.39 is 24.3 Å². The van der Waals surface area contributed by atoms with Gasteiger partial charge < -0.3 is 24.3 Å². The number of benzene rings is 2. The molecule has 158 valence electrons. The van der Waals surface area contributed by atoms with Gasteiger partial charge in [-0.1, -0.05) is 12.1 Å². The fourth-order valence-electron chi connectivity index (χ4n) is 2.83. The number of carbonyl (C=O) groups is 2. The summed E-state index contributed by atoms with van der Waals surface area (Å²) in [6.45, 7) is 2.36. The van der Waals surface area contributed by atoms with Gasteiger partial charge in [0.2, 0.25) is 0 Å². The Labute approximate surface area is 173 Å². The van der Waals surface area contributed by atoms with Crippen LogP contribution in [0.4, 0.5) is 4.39 Å². The number of rotatable bonds is 7. The summed E-state index contributed by atoms with van der Waals surface area (Å²) in [5.41, 5.74) is 1.29. The summed E-state index contributed by atoms with van der Waals surface area (Å²) in [6, 6.07) is 9.39. The lowest BCUT2D eigenvalue weighted by atomic mass is 10.1. The van der Waals surface area contributed by atoms with E-state index >= 15 is 0 Å². The SMILES string of the molecule is COc1ccc(/C=C/C(=O)OCC(=O)N[C@@H](C)c2ccc3c(c2)OCCO3)cc1F. The van der Waals surface area contributed by atoms with Gasteiger partial charge in [0.1, 0.15) is 13.2 Å². The van der Waals surface area contributed by atoms with Gasteiger partial charge in [-0.3, -0.25) is 4.79 Å². The molecule has 30 heavy (non-hydrogen) atoms. The zero-order chi connectivity index (χ0) is 21.5. The molecule has 1 amide bonds. The molecule has 0 bridgehead atoms.